The first kappa shape index (κ1) is 11.7. The quantitative estimate of drug-likeness (QED) is 0.790. The molecule has 2 N–H and O–H groups in total. The van der Waals surface area contributed by atoms with Gasteiger partial charge in [0, 0.05) is 23.0 Å². The van der Waals surface area contributed by atoms with Crippen LogP contribution in [0.5, 0.6) is 5.75 Å². The molecule has 0 radical (unpaired) electrons. The van der Waals surface area contributed by atoms with Gasteiger partial charge in [0.05, 0.1) is 0 Å². The second kappa shape index (κ2) is 4.27. The van der Waals surface area contributed by atoms with Crippen LogP contribution in [0.15, 0.2) is 0 Å². The number of phenols is 1. The molecule has 1 atom stereocenters. The largest absolute Gasteiger partial charge is 0.507 e. The molecule has 1 fully saturated rings. The number of halogens is 1. The van der Waals surface area contributed by atoms with E-state index < -0.39 is 0 Å². The van der Waals surface area contributed by atoms with Crippen LogP contribution in [0, 0.1) is 20.8 Å². The van der Waals surface area contributed by atoms with Crippen molar-refractivity contribution < 1.29 is 5.11 Å². The first-order chi connectivity index (χ1) is 7.54. The van der Waals surface area contributed by atoms with Gasteiger partial charge in [0.25, 0.3) is 0 Å². The van der Waals surface area contributed by atoms with E-state index in [4.69, 9.17) is 11.6 Å². The lowest BCUT2D eigenvalue weighted by Gasteiger charge is -2.19. The molecule has 2 nitrogen and oxygen atoms in total. The van der Waals surface area contributed by atoms with Gasteiger partial charge in [-0.1, -0.05) is 11.6 Å². The molecule has 0 bridgehead atoms. The molecule has 0 amide bonds. The van der Waals surface area contributed by atoms with Crippen LogP contribution in [-0.2, 0) is 0 Å². The Kier molecular flexibility index (Phi) is 3.13. The second-order valence-electron chi connectivity index (χ2n) is 4.64. The summed E-state index contributed by atoms with van der Waals surface area (Å²) in [5.74, 6) is 0.838. The Bertz CT molecular complexity index is 393. The fourth-order valence-corrected chi connectivity index (χ4v) is 2.77. The highest BCUT2D eigenvalue weighted by Crippen LogP contribution is 2.40. The summed E-state index contributed by atoms with van der Waals surface area (Å²) in [5.41, 5.74) is 3.98. The molecule has 1 aromatic rings. The van der Waals surface area contributed by atoms with E-state index in [9.17, 15) is 5.11 Å². The molecular weight excluding hydrogens is 222 g/mol. The predicted molar refractivity (Wildman–Crippen MR) is 67.6 cm³/mol. The fourth-order valence-electron chi connectivity index (χ4n) is 2.52. The predicted octanol–water partition coefficient (Wildman–Crippen LogP) is 3.05. The van der Waals surface area contributed by atoms with Crippen molar-refractivity contribution in [2.24, 2.45) is 0 Å². The molecule has 88 valence electrons. The Morgan fingerprint density at radius 2 is 1.88 bits per heavy atom. The maximum atomic E-state index is 10.3. The summed E-state index contributed by atoms with van der Waals surface area (Å²) >= 11 is 6.31. The number of rotatable bonds is 1. The summed E-state index contributed by atoms with van der Waals surface area (Å²) in [4.78, 5) is 0. The van der Waals surface area contributed by atoms with Gasteiger partial charge < -0.3 is 10.4 Å². The van der Waals surface area contributed by atoms with Crippen molar-refractivity contribution in [2.45, 2.75) is 33.1 Å². The molecule has 1 aromatic carbocycles. The van der Waals surface area contributed by atoms with Gasteiger partial charge in [0.15, 0.2) is 0 Å². The first-order valence-corrected chi connectivity index (χ1v) is 6.10. The third-order valence-electron chi connectivity index (χ3n) is 3.70. The molecule has 1 aliphatic heterocycles. The van der Waals surface area contributed by atoms with Crippen LogP contribution < -0.4 is 5.32 Å². The summed E-state index contributed by atoms with van der Waals surface area (Å²) in [5, 5.41) is 14.4. The number of benzene rings is 1. The Balaban J connectivity index is 2.59. The summed E-state index contributed by atoms with van der Waals surface area (Å²) < 4.78 is 0. The van der Waals surface area contributed by atoms with Gasteiger partial charge in [-0.05, 0) is 50.4 Å². The monoisotopic (exact) mass is 239 g/mol. The van der Waals surface area contributed by atoms with Gasteiger partial charge in [-0.2, -0.15) is 0 Å². The van der Waals surface area contributed by atoms with E-state index in [0.717, 1.165) is 46.8 Å². The SMILES string of the molecule is Cc1c(C)c(Cl)c(C)c(C2CCNC2)c1O. The van der Waals surface area contributed by atoms with Crippen LogP contribution in [0.3, 0.4) is 0 Å². The van der Waals surface area contributed by atoms with Crippen molar-refractivity contribution >= 4 is 11.6 Å². The van der Waals surface area contributed by atoms with Gasteiger partial charge in [-0.15, -0.1) is 0 Å². The van der Waals surface area contributed by atoms with Crippen LogP contribution >= 0.6 is 11.6 Å². The number of hydrogen-bond acceptors (Lipinski definition) is 2. The molecule has 1 unspecified atom stereocenters. The number of hydrogen-bond donors (Lipinski definition) is 2. The molecule has 1 heterocycles. The van der Waals surface area contributed by atoms with Crippen molar-refractivity contribution in [3.63, 3.8) is 0 Å². The Hall–Kier alpha value is -0.730. The highest BCUT2D eigenvalue weighted by Gasteiger charge is 2.25. The van der Waals surface area contributed by atoms with Gasteiger partial charge in [0.1, 0.15) is 5.75 Å². The highest BCUT2D eigenvalue weighted by atomic mass is 35.5. The number of phenolic OH excluding ortho intramolecular Hbond substituents is 1. The first-order valence-electron chi connectivity index (χ1n) is 5.72. The van der Waals surface area contributed by atoms with Crippen LogP contribution in [0.4, 0.5) is 0 Å². The molecule has 1 saturated heterocycles. The number of aromatic hydroxyl groups is 1. The van der Waals surface area contributed by atoms with Crippen molar-refractivity contribution in [2.75, 3.05) is 13.1 Å². The van der Waals surface area contributed by atoms with E-state index in [-0.39, 0.29) is 0 Å². The van der Waals surface area contributed by atoms with Crippen molar-refractivity contribution in [3.05, 3.63) is 27.3 Å². The third-order valence-corrected chi connectivity index (χ3v) is 4.27. The lowest BCUT2D eigenvalue weighted by Crippen LogP contribution is -2.10. The Morgan fingerprint density at radius 1 is 1.19 bits per heavy atom. The average Bonchev–Trinajstić information content (AvgIpc) is 2.77. The summed E-state index contributed by atoms with van der Waals surface area (Å²) in [7, 11) is 0. The maximum Gasteiger partial charge on any atom is 0.122 e. The summed E-state index contributed by atoms with van der Waals surface area (Å²) in [6.45, 7) is 7.85. The van der Waals surface area contributed by atoms with Gasteiger partial charge >= 0.3 is 0 Å². The molecule has 0 spiro atoms. The van der Waals surface area contributed by atoms with Crippen molar-refractivity contribution in [1.82, 2.24) is 5.32 Å². The van der Waals surface area contributed by atoms with Gasteiger partial charge in [-0.3, -0.25) is 0 Å². The van der Waals surface area contributed by atoms with E-state index in [0.29, 0.717) is 11.7 Å². The molecule has 1 aliphatic rings. The molecule has 0 saturated carbocycles. The van der Waals surface area contributed by atoms with Crippen LogP contribution in [0.25, 0.3) is 0 Å². The lowest BCUT2D eigenvalue weighted by molar-refractivity contribution is 0.457. The standard InChI is InChI=1S/C13H18ClNO/c1-7-8(2)13(16)11(9(3)12(7)14)10-4-5-15-6-10/h10,15-16H,4-6H2,1-3H3. The zero-order valence-electron chi connectivity index (χ0n) is 10.0. The second-order valence-corrected chi connectivity index (χ2v) is 5.02. The minimum Gasteiger partial charge on any atom is -0.507 e. The zero-order chi connectivity index (χ0) is 11.9. The van der Waals surface area contributed by atoms with E-state index in [1.807, 2.05) is 20.8 Å². The third kappa shape index (κ3) is 1.70. The fraction of sp³-hybridized carbons (Fsp3) is 0.538. The molecule has 16 heavy (non-hydrogen) atoms. The topological polar surface area (TPSA) is 32.3 Å². The van der Waals surface area contributed by atoms with Crippen molar-refractivity contribution in [1.29, 1.82) is 0 Å². The molecule has 2 rings (SSSR count). The van der Waals surface area contributed by atoms with E-state index in [1.165, 1.54) is 0 Å². The molecule has 3 heteroatoms. The van der Waals surface area contributed by atoms with Crippen LogP contribution in [-0.4, -0.2) is 18.2 Å². The summed E-state index contributed by atoms with van der Waals surface area (Å²) in [6.07, 6.45) is 1.08. The van der Waals surface area contributed by atoms with E-state index in [1.54, 1.807) is 0 Å². The molecule has 0 aliphatic carbocycles. The Labute approximate surface area is 102 Å². The number of nitrogens with one attached hydrogen (secondary N) is 1. The minimum atomic E-state index is 0.400. The smallest absolute Gasteiger partial charge is 0.122 e. The summed E-state index contributed by atoms with van der Waals surface area (Å²) in [6, 6.07) is 0. The van der Waals surface area contributed by atoms with Crippen LogP contribution in [0.1, 0.15) is 34.6 Å². The zero-order valence-corrected chi connectivity index (χ0v) is 10.8. The van der Waals surface area contributed by atoms with E-state index >= 15 is 0 Å². The maximum absolute atomic E-state index is 10.3. The van der Waals surface area contributed by atoms with Crippen molar-refractivity contribution in [3.8, 4) is 5.75 Å². The highest BCUT2D eigenvalue weighted by molar-refractivity contribution is 6.32. The van der Waals surface area contributed by atoms with Crippen LogP contribution in [0.2, 0.25) is 5.02 Å². The molecular formula is C13H18ClNO. The molecule has 0 aromatic heterocycles. The van der Waals surface area contributed by atoms with Gasteiger partial charge in [0.2, 0.25) is 0 Å². The normalized spacial score (nSPS) is 20.4. The van der Waals surface area contributed by atoms with Gasteiger partial charge in [-0.25, -0.2) is 0 Å². The minimum absolute atomic E-state index is 0.400. The van der Waals surface area contributed by atoms with E-state index in [2.05, 4.69) is 5.32 Å². The lowest BCUT2D eigenvalue weighted by atomic mass is 9.89. The Morgan fingerprint density at radius 3 is 2.44 bits per heavy atom. The average molecular weight is 240 g/mol.